The zero-order chi connectivity index (χ0) is 21.0. The van der Waals surface area contributed by atoms with Crippen LogP contribution in [0.15, 0.2) is 66.4 Å². The van der Waals surface area contributed by atoms with E-state index in [4.69, 9.17) is 0 Å². The maximum atomic E-state index is 13.5. The molecule has 3 aromatic carbocycles. The summed E-state index contributed by atoms with van der Waals surface area (Å²) in [6.45, 7) is 8.55. The van der Waals surface area contributed by atoms with Crippen molar-refractivity contribution in [1.82, 2.24) is 0 Å². The van der Waals surface area contributed by atoms with Gasteiger partial charge in [0.2, 0.25) is 0 Å². The minimum Gasteiger partial charge on any atom is -0.375 e. The van der Waals surface area contributed by atoms with E-state index in [9.17, 15) is 4.79 Å². The molecule has 2 atom stereocenters. The molecule has 0 spiro atoms. The highest BCUT2D eigenvalue weighted by Gasteiger charge is 2.42. The zero-order valence-corrected chi connectivity index (χ0v) is 18.0. The molecule has 152 valence electrons. The van der Waals surface area contributed by atoms with Gasteiger partial charge in [-0.25, -0.2) is 0 Å². The molecular formula is C27H28N2O. The smallest absolute Gasteiger partial charge is 0.145 e. The Morgan fingerprint density at radius 3 is 2.43 bits per heavy atom. The largest absolute Gasteiger partial charge is 0.375 e. The van der Waals surface area contributed by atoms with Gasteiger partial charge in [0.05, 0.1) is 23.3 Å². The number of hydrogen-bond donors (Lipinski definition) is 2. The minimum atomic E-state index is -0.239. The average Bonchev–Trinajstić information content (AvgIpc) is 2.83. The van der Waals surface area contributed by atoms with Gasteiger partial charge in [-0.3, -0.25) is 4.79 Å². The summed E-state index contributed by atoms with van der Waals surface area (Å²) in [5.41, 5.74) is 6.62. The van der Waals surface area contributed by atoms with Gasteiger partial charge in [0.25, 0.3) is 0 Å². The fraction of sp³-hybridized carbons (Fsp3) is 0.296. The Labute approximate surface area is 178 Å². The summed E-state index contributed by atoms with van der Waals surface area (Å²) >= 11 is 0. The molecule has 3 nitrogen and oxygen atoms in total. The van der Waals surface area contributed by atoms with Gasteiger partial charge in [-0.2, -0.15) is 0 Å². The summed E-state index contributed by atoms with van der Waals surface area (Å²) < 4.78 is 0. The molecule has 0 unspecified atom stereocenters. The molecule has 2 aliphatic rings. The molecule has 3 aromatic rings. The number of ketones is 1. The van der Waals surface area contributed by atoms with Gasteiger partial charge in [-0.1, -0.05) is 62.4 Å². The SMILES string of the molecule is Cc1cc2c(cc1C)N[C@H](c1cccc3ccccc13)[C@H]1C(=O)CC(C)(C)C=C1N2. The normalized spacial score (nSPS) is 22.3. The first-order valence-electron chi connectivity index (χ1n) is 10.7. The number of anilines is 2. The predicted octanol–water partition coefficient (Wildman–Crippen LogP) is 6.53. The Morgan fingerprint density at radius 2 is 1.63 bits per heavy atom. The molecule has 1 aliphatic carbocycles. The molecule has 0 fully saturated rings. The van der Waals surface area contributed by atoms with Gasteiger partial charge in [0.15, 0.2) is 0 Å². The van der Waals surface area contributed by atoms with Crippen molar-refractivity contribution in [2.45, 2.75) is 40.2 Å². The first-order chi connectivity index (χ1) is 14.3. The van der Waals surface area contributed by atoms with Crippen molar-refractivity contribution in [2.24, 2.45) is 11.3 Å². The minimum absolute atomic E-state index is 0.123. The lowest BCUT2D eigenvalue weighted by Crippen LogP contribution is -2.36. The van der Waals surface area contributed by atoms with Crippen LogP contribution in [-0.4, -0.2) is 5.78 Å². The average molecular weight is 397 g/mol. The number of benzene rings is 3. The Kier molecular flexibility index (Phi) is 4.25. The fourth-order valence-corrected chi connectivity index (χ4v) is 5.00. The van der Waals surface area contributed by atoms with E-state index in [1.54, 1.807) is 0 Å². The second kappa shape index (κ2) is 6.73. The second-order valence-corrected chi connectivity index (χ2v) is 9.51. The molecule has 3 heteroatoms. The molecule has 5 rings (SSSR count). The van der Waals surface area contributed by atoms with Gasteiger partial charge < -0.3 is 10.6 Å². The van der Waals surface area contributed by atoms with Gasteiger partial charge in [0.1, 0.15) is 5.78 Å². The summed E-state index contributed by atoms with van der Waals surface area (Å²) in [6.07, 6.45) is 2.82. The van der Waals surface area contributed by atoms with Crippen molar-refractivity contribution < 1.29 is 4.79 Å². The van der Waals surface area contributed by atoms with Crippen LogP contribution < -0.4 is 10.6 Å². The van der Waals surface area contributed by atoms with Crippen molar-refractivity contribution in [1.29, 1.82) is 0 Å². The molecule has 30 heavy (non-hydrogen) atoms. The summed E-state index contributed by atoms with van der Waals surface area (Å²) in [6, 6.07) is 19.1. The van der Waals surface area contributed by atoms with Crippen LogP contribution in [0, 0.1) is 25.2 Å². The highest BCUT2D eigenvalue weighted by molar-refractivity contribution is 5.93. The highest BCUT2D eigenvalue weighted by atomic mass is 16.1. The fourth-order valence-electron chi connectivity index (χ4n) is 5.00. The number of allylic oxidation sites excluding steroid dienone is 1. The molecule has 0 amide bonds. The molecule has 0 bridgehead atoms. The number of aryl methyl sites for hydroxylation is 2. The van der Waals surface area contributed by atoms with E-state index in [-0.39, 0.29) is 23.2 Å². The van der Waals surface area contributed by atoms with Gasteiger partial charge in [0, 0.05) is 12.1 Å². The summed E-state index contributed by atoms with van der Waals surface area (Å²) in [5.74, 6) is 0.0496. The van der Waals surface area contributed by atoms with Crippen molar-refractivity contribution in [3.8, 4) is 0 Å². The number of fused-ring (bicyclic) bond motifs is 3. The van der Waals surface area contributed by atoms with E-state index in [0.29, 0.717) is 6.42 Å². The lowest BCUT2D eigenvalue weighted by Gasteiger charge is -2.35. The van der Waals surface area contributed by atoms with E-state index in [1.165, 1.54) is 27.5 Å². The molecule has 0 radical (unpaired) electrons. The van der Waals surface area contributed by atoms with Crippen molar-refractivity contribution in [3.05, 3.63) is 83.1 Å². The predicted molar refractivity (Wildman–Crippen MR) is 125 cm³/mol. The molecule has 0 saturated carbocycles. The van der Waals surface area contributed by atoms with E-state index >= 15 is 0 Å². The molecule has 1 aliphatic heterocycles. The molecular weight excluding hydrogens is 368 g/mol. The van der Waals surface area contributed by atoms with Gasteiger partial charge >= 0.3 is 0 Å². The number of nitrogens with one attached hydrogen (secondary N) is 2. The first-order valence-corrected chi connectivity index (χ1v) is 10.7. The van der Waals surface area contributed by atoms with Crippen LogP contribution in [-0.2, 0) is 4.79 Å². The quantitative estimate of drug-likeness (QED) is 0.491. The van der Waals surface area contributed by atoms with Crippen LogP contribution in [0.3, 0.4) is 0 Å². The third-order valence-electron chi connectivity index (χ3n) is 6.57. The van der Waals surface area contributed by atoms with Gasteiger partial charge in [-0.05, 0) is 58.9 Å². The number of carbonyl (C=O) groups excluding carboxylic acids is 1. The maximum absolute atomic E-state index is 13.5. The highest BCUT2D eigenvalue weighted by Crippen LogP contribution is 2.46. The van der Waals surface area contributed by atoms with E-state index in [1.807, 2.05) is 0 Å². The lowest BCUT2D eigenvalue weighted by molar-refractivity contribution is -0.124. The van der Waals surface area contributed by atoms with Crippen LogP contribution in [0.25, 0.3) is 10.8 Å². The number of rotatable bonds is 1. The van der Waals surface area contributed by atoms with E-state index in [0.717, 1.165) is 17.1 Å². The Balaban J connectivity index is 1.76. The third-order valence-corrected chi connectivity index (χ3v) is 6.57. The summed E-state index contributed by atoms with van der Waals surface area (Å²) in [4.78, 5) is 13.5. The van der Waals surface area contributed by atoms with Crippen molar-refractivity contribution >= 4 is 27.9 Å². The third kappa shape index (κ3) is 3.09. The lowest BCUT2D eigenvalue weighted by atomic mass is 9.72. The zero-order valence-electron chi connectivity index (χ0n) is 18.0. The Morgan fingerprint density at radius 1 is 0.933 bits per heavy atom. The standard InChI is InChI=1S/C27H28N2O/c1-16-12-21-22(13-17(16)2)29-26(20-11-7-9-18-8-5-6-10-19(18)20)25-23(28-21)14-27(3,4)15-24(25)30/h5-14,25-26,28-29H,15H2,1-4H3/t25-,26-/m1/s1. The van der Waals surface area contributed by atoms with Gasteiger partial charge in [-0.15, -0.1) is 0 Å². The number of carbonyl (C=O) groups is 1. The first kappa shape index (κ1) is 18.9. The molecule has 0 saturated heterocycles. The summed E-state index contributed by atoms with van der Waals surface area (Å²) in [7, 11) is 0. The van der Waals surface area contributed by atoms with Crippen LogP contribution >= 0.6 is 0 Å². The van der Waals surface area contributed by atoms with E-state index in [2.05, 4.69) is 99.0 Å². The van der Waals surface area contributed by atoms with Crippen LogP contribution in [0.2, 0.25) is 0 Å². The van der Waals surface area contributed by atoms with Crippen LogP contribution in [0.5, 0.6) is 0 Å². The Bertz CT molecular complexity index is 1200. The number of Topliss-reactive ketones (excluding diaryl/α,β-unsaturated/α-hetero) is 1. The topological polar surface area (TPSA) is 41.1 Å². The van der Waals surface area contributed by atoms with Crippen molar-refractivity contribution in [2.75, 3.05) is 10.6 Å². The molecule has 1 heterocycles. The monoisotopic (exact) mass is 396 g/mol. The maximum Gasteiger partial charge on any atom is 0.145 e. The summed E-state index contributed by atoms with van der Waals surface area (Å²) in [5, 5.41) is 9.80. The molecule has 2 N–H and O–H groups in total. The number of hydrogen-bond acceptors (Lipinski definition) is 3. The second-order valence-electron chi connectivity index (χ2n) is 9.51. The Hall–Kier alpha value is -3.07. The molecule has 0 aromatic heterocycles. The van der Waals surface area contributed by atoms with Crippen LogP contribution in [0.4, 0.5) is 11.4 Å². The van der Waals surface area contributed by atoms with E-state index < -0.39 is 0 Å². The van der Waals surface area contributed by atoms with Crippen molar-refractivity contribution in [3.63, 3.8) is 0 Å². The van der Waals surface area contributed by atoms with Crippen LogP contribution in [0.1, 0.15) is 43.0 Å².